The Morgan fingerprint density at radius 2 is 2.50 bits per heavy atom. The van der Waals surface area contributed by atoms with Crippen molar-refractivity contribution in [3.05, 3.63) is 16.6 Å². The number of Topliss-reactive ketones (excluding diaryl/α,β-unsaturated/α-hetero) is 1. The second-order valence-electron chi connectivity index (χ2n) is 2.51. The van der Waals surface area contributed by atoms with Crippen LogP contribution < -0.4 is 0 Å². The first-order valence-corrected chi connectivity index (χ1v) is 4.71. The van der Waals surface area contributed by atoms with Crippen molar-refractivity contribution in [3.8, 4) is 0 Å². The van der Waals surface area contributed by atoms with Crippen molar-refractivity contribution in [1.29, 1.82) is 0 Å². The highest BCUT2D eigenvalue weighted by Gasteiger charge is 2.03. The van der Waals surface area contributed by atoms with Gasteiger partial charge in [0, 0.05) is 30.5 Å². The van der Waals surface area contributed by atoms with Gasteiger partial charge < -0.3 is 5.11 Å². The Morgan fingerprint density at radius 1 is 1.67 bits per heavy atom. The van der Waals surface area contributed by atoms with E-state index in [9.17, 15) is 4.79 Å². The van der Waals surface area contributed by atoms with Gasteiger partial charge in [-0.2, -0.15) is 0 Å². The van der Waals surface area contributed by atoms with Crippen LogP contribution in [0, 0.1) is 0 Å². The highest BCUT2D eigenvalue weighted by Crippen LogP contribution is 2.08. The van der Waals surface area contributed by atoms with Crippen LogP contribution >= 0.6 is 11.3 Å². The van der Waals surface area contributed by atoms with E-state index in [-0.39, 0.29) is 12.4 Å². The SMILES string of the molecule is O=C(CCCO)Cc1cncs1. The lowest BCUT2D eigenvalue weighted by Crippen LogP contribution is -2.02. The van der Waals surface area contributed by atoms with E-state index in [4.69, 9.17) is 5.11 Å². The number of thiazole rings is 1. The van der Waals surface area contributed by atoms with E-state index in [1.165, 1.54) is 11.3 Å². The summed E-state index contributed by atoms with van der Waals surface area (Å²) in [4.78, 5) is 16.0. The minimum atomic E-state index is 0.0917. The predicted molar refractivity (Wildman–Crippen MR) is 47.1 cm³/mol. The van der Waals surface area contributed by atoms with Gasteiger partial charge in [0.25, 0.3) is 0 Å². The maximum absolute atomic E-state index is 11.1. The van der Waals surface area contributed by atoms with Gasteiger partial charge in [0.15, 0.2) is 0 Å². The van der Waals surface area contributed by atoms with Crippen molar-refractivity contribution in [2.75, 3.05) is 6.61 Å². The van der Waals surface area contributed by atoms with Crippen LogP contribution in [0.4, 0.5) is 0 Å². The number of nitrogens with zero attached hydrogens (tertiary/aromatic N) is 1. The summed E-state index contributed by atoms with van der Waals surface area (Å²) in [6.07, 6.45) is 3.21. The molecule has 0 bridgehead atoms. The molecule has 4 heteroatoms. The Bertz CT molecular complexity index is 233. The summed E-state index contributed by atoms with van der Waals surface area (Å²) in [5.74, 6) is 0.174. The second-order valence-corrected chi connectivity index (χ2v) is 3.48. The van der Waals surface area contributed by atoms with E-state index in [1.807, 2.05) is 0 Å². The van der Waals surface area contributed by atoms with Gasteiger partial charge >= 0.3 is 0 Å². The molecule has 0 fully saturated rings. The summed E-state index contributed by atoms with van der Waals surface area (Å²) in [6.45, 7) is 0.0917. The quantitative estimate of drug-likeness (QED) is 0.745. The molecule has 0 aromatic carbocycles. The fourth-order valence-corrected chi connectivity index (χ4v) is 1.51. The number of rotatable bonds is 5. The lowest BCUT2D eigenvalue weighted by molar-refractivity contribution is -0.118. The first-order valence-electron chi connectivity index (χ1n) is 3.83. The molecule has 66 valence electrons. The molecule has 0 saturated heterocycles. The second kappa shape index (κ2) is 5.00. The molecule has 0 spiro atoms. The molecule has 0 aliphatic rings. The minimum Gasteiger partial charge on any atom is -0.396 e. The third-order valence-electron chi connectivity index (χ3n) is 1.47. The number of aromatic nitrogens is 1. The van der Waals surface area contributed by atoms with Crippen molar-refractivity contribution in [2.24, 2.45) is 0 Å². The molecule has 0 amide bonds. The van der Waals surface area contributed by atoms with Crippen molar-refractivity contribution < 1.29 is 9.90 Å². The molecule has 0 atom stereocenters. The molecule has 1 aromatic rings. The molecule has 0 aliphatic carbocycles. The van der Waals surface area contributed by atoms with E-state index >= 15 is 0 Å². The highest BCUT2D eigenvalue weighted by atomic mass is 32.1. The fraction of sp³-hybridized carbons (Fsp3) is 0.500. The molecule has 3 nitrogen and oxygen atoms in total. The number of aliphatic hydroxyl groups is 1. The Labute approximate surface area is 75.1 Å². The van der Waals surface area contributed by atoms with Gasteiger partial charge in [0.05, 0.1) is 5.51 Å². The molecule has 0 unspecified atom stereocenters. The van der Waals surface area contributed by atoms with E-state index in [2.05, 4.69) is 4.98 Å². The lowest BCUT2D eigenvalue weighted by Gasteiger charge is -1.95. The van der Waals surface area contributed by atoms with Crippen molar-refractivity contribution in [3.63, 3.8) is 0 Å². The van der Waals surface area contributed by atoms with Gasteiger partial charge in [-0.3, -0.25) is 9.78 Å². The molecule has 0 saturated carbocycles. The maximum Gasteiger partial charge on any atom is 0.138 e. The third kappa shape index (κ3) is 3.11. The number of hydrogen-bond acceptors (Lipinski definition) is 4. The average molecular weight is 185 g/mol. The summed E-state index contributed by atoms with van der Waals surface area (Å²) in [6, 6.07) is 0. The topological polar surface area (TPSA) is 50.2 Å². The van der Waals surface area contributed by atoms with Crippen molar-refractivity contribution in [2.45, 2.75) is 19.3 Å². The fourth-order valence-electron chi connectivity index (χ4n) is 0.888. The number of aliphatic hydroxyl groups excluding tert-OH is 1. The predicted octanol–water partition coefficient (Wildman–Crippen LogP) is 1.03. The number of hydrogen-bond donors (Lipinski definition) is 1. The maximum atomic E-state index is 11.1. The van der Waals surface area contributed by atoms with Crippen LogP contribution in [0.25, 0.3) is 0 Å². The minimum absolute atomic E-state index is 0.0917. The third-order valence-corrected chi connectivity index (χ3v) is 2.25. The lowest BCUT2D eigenvalue weighted by atomic mass is 10.1. The van der Waals surface area contributed by atoms with Crippen LogP contribution in [0.1, 0.15) is 17.7 Å². The molecular weight excluding hydrogens is 174 g/mol. The van der Waals surface area contributed by atoms with Gasteiger partial charge in [-0.25, -0.2) is 0 Å². The van der Waals surface area contributed by atoms with Gasteiger partial charge in [-0.15, -0.1) is 11.3 Å². The zero-order chi connectivity index (χ0) is 8.81. The molecule has 1 aromatic heterocycles. The molecule has 1 heterocycles. The summed E-state index contributed by atoms with van der Waals surface area (Å²) in [7, 11) is 0. The van der Waals surface area contributed by atoms with Gasteiger partial charge in [-0.05, 0) is 6.42 Å². The van der Waals surface area contributed by atoms with E-state index in [1.54, 1.807) is 11.7 Å². The van der Waals surface area contributed by atoms with Crippen LogP contribution in [0.3, 0.4) is 0 Å². The first kappa shape index (κ1) is 9.35. The van der Waals surface area contributed by atoms with E-state index in [0.29, 0.717) is 19.3 Å². The average Bonchev–Trinajstić information content (AvgIpc) is 2.53. The summed E-state index contributed by atoms with van der Waals surface area (Å²) in [5.41, 5.74) is 1.72. The summed E-state index contributed by atoms with van der Waals surface area (Å²) < 4.78 is 0. The molecular formula is C8H11NO2S. The Kier molecular flexibility index (Phi) is 3.90. The Balaban J connectivity index is 2.27. The zero-order valence-corrected chi connectivity index (χ0v) is 7.51. The first-order chi connectivity index (χ1) is 5.83. The van der Waals surface area contributed by atoms with Crippen molar-refractivity contribution >= 4 is 17.1 Å². The molecule has 0 aliphatic heterocycles. The van der Waals surface area contributed by atoms with Crippen LogP contribution in [0.15, 0.2) is 11.7 Å². The Morgan fingerprint density at radius 3 is 3.08 bits per heavy atom. The summed E-state index contributed by atoms with van der Waals surface area (Å²) in [5, 5.41) is 8.48. The molecule has 12 heavy (non-hydrogen) atoms. The van der Waals surface area contributed by atoms with Gasteiger partial charge in [-0.1, -0.05) is 0 Å². The monoisotopic (exact) mass is 185 g/mol. The molecule has 0 radical (unpaired) electrons. The van der Waals surface area contributed by atoms with E-state index < -0.39 is 0 Å². The number of carbonyl (C=O) groups excluding carboxylic acids is 1. The normalized spacial score (nSPS) is 10.1. The highest BCUT2D eigenvalue weighted by molar-refractivity contribution is 7.09. The van der Waals surface area contributed by atoms with Crippen LogP contribution in [-0.4, -0.2) is 22.5 Å². The number of carbonyl (C=O) groups is 1. The van der Waals surface area contributed by atoms with Crippen molar-refractivity contribution in [1.82, 2.24) is 4.98 Å². The molecule has 1 N–H and O–H groups in total. The summed E-state index contributed by atoms with van der Waals surface area (Å²) >= 11 is 1.49. The van der Waals surface area contributed by atoms with Crippen LogP contribution in [-0.2, 0) is 11.2 Å². The zero-order valence-electron chi connectivity index (χ0n) is 6.69. The van der Waals surface area contributed by atoms with Gasteiger partial charge in [0.1, 0.15) is 5.78 Å². The standard InChI is InChI=1S/C8H11NO2S/c10-3-1-2-7(11)4-8-5-9-6-12-8/h5-6,10H,1-4H2. The largest absolute Gasteiger partial charge is 0.396 e. The smallest absolute Gasteiger partial charge is 0.138 e. The Hall–Kier alpha value is -0.740. The number of ketones is 1. The van der Waals surface area contributed by atoms with Gasteiger partial charge in [0.2, 0.25) is 0 Å². The van der Waals surface area contributed by atoms with Crippen LogP contribution in [0.5, 0.6) is 0 Å². The molecule has 1 rings (SSSR count). The van der Waals surface area contributed by atoms with E-state index in [0.717, 1.165) is 4.88 Å². The van der Waals surface area contributed by atoms with Crippen LogP contribution in [0.2, 0.25) is 0 Å².